The van der Waals surface area contributed by atoms with E-state index >= 15 is 0 Å². The first-order chi connectivity index (χ1) is 10.2. The molecule has 1 amide bonds. The highest BCUT2D eigenvalue weighted by molar-refractivity contribution is 5.81. The Balaban J connectivity index is 1.71. The van der Waals surface area contributed by atoms with E-state index in [-0.39, 0.29) is 24.7 Å². The van der Waals surface area contributed by atoms with Crippen LogP contribution >= 0.6 is 0 Å². The number of carbonyl (C=O) groups excluding carboxylic acids is 2. The molecule has 1 heterocycles. The maximum absolute atomic E-state index is 11.6. The Morgan fingerprint density at radius 1 is 1.24 bits per heavy atom. The smallest absolute Gasteiger partial charge is 0.306 e. The van der Waals surface area contributed by atoms with E-state index in [9.17, 15) is 9.59 Å². The average molecular weight is 289 g/mol. The monoisotopic (exact) mass is 289 g/mol. The number of furan rings is 1. The topological polar surface area (TPSA) is 68.5 Å². The molecule has 5 heteroatoms. The molecule has 2 aromatic rings. The summed E-state index contributed by atoms with van der Waals surface area (Å²) in [4.78, 5) is 22.7. The number of rotatable bonds is 7. The molecule has 0 aliphatic carbocycles. The highest BCUT2D eigenvalue weighted by Crippen LogP contribution is 2.18. The van der Waals surface area contributed by atoms with Gasteiger partial charge < -0.3 is 14.5 Å². The molecule has 2 rings (SSSR count). The zero-order valence-electron chi connectivity index (χ0n) is 12.1. The van der Waals surface area contributed by atoms with Crippen LogP contribution in [-0.4, -0.2) is 25.0 Å². The molecule has 0 saturated heterocycles. The van der Waals surface area contributed by atoms with Crippen molar-refractivity contribution in [3.05, 3.63) is 36.1 Å². The van der Waals surface area contributed by atoms with Crippen LogP contribution in [0.2, 0.25) is 0 Å². The number of carbonyl (C=O) groups is 2. The molecule has 112 valence electrons. The lowest BCUT2D eigenvalue weighted by molar-refractivity contribution is -0.144. The molecule has 1 aromatic heterocycles. The van der Waals surface area contributed by atoms with Crippen molar-refractivity contribution in [3.8, 4) is 0 Å². The van der Waals surface area contributed by atoms with Crippen LogP contribution in [0.1, 0.15) is 25.5 Å². The van der Waals surface area contributed by atoms with Crippen molar-refractivity contribution in [2.75, 3.05) is 13.2 Å². The number of hydrogen-bond acceptors (Lipinski definition) is 4. The molecule has 0 unspecified atom stereocenters. The largest absolute Gasteiger partial charge is 0.466 e. The van der Waals surface area contributed by atoms with E-state index in [4.69, 9.17) is 9.15 Å². The average Bonchev–Trinajstić information content (AvgIpc) is 2.88. The maximum Gasteiger partial charge on any atom is 0.306 e. The fourth-order valence-electron chi connectivity index (χ4n) is 2.02. The third-order valence-corrected chi connectivity index (χ3v) is 3.03. The minimum absolute atomic E-state index is 0.115. The zero-order valence-corrected chi connectivity index (χ0v) is 12.1. The molecular weight excluding hydrogens is 270 g/mol. The van der Waals surface area contributed by atoms with Gasteiger partial charge in [0.15, 0.2) is 0 Å². The van der Waals surface area contributed by atoms with Crippen molar-refractivity contribution >= 4 is 22.8 Å². The summed E-state index contributed by atoms with van der Waals surface area (Å²) in [6.45, 7) is 2.57. The first-order valence-corrected chi connectivity index (χ1v) is 7.09. The summed E-state index contributed by atoms with van der Waals surface area (Å²) in [6, 6.07) is 9.75. The van der Waals surface area contributed by atoms with Crippen molar-refractivity contribution in [1.82, 2.24) is 5.32 Å². The number of fused-ring (bicyclic) bond motifs is 1. The fraction of sp³-hybridized carbons (Fsp3) is 0.375. The minimum atomic E-state index is -0.343. The lowest BCUT2D eigenvalue weighted by Gasteiger charge is -2.04. The van der Waals surface area contributed by atoms with Crippen LogP contribution in [0.3, 0.4) is 0 Å². The van der Waals surface area contributed by atoms with Gasteiger partial charge in [0.1, 0.15) is 11.3 Å². The van der Waals surface area contributed by atoms with Gasteiger partial charge in [-0.2, -0.15) is 0 Å². The van der Waals surface area contributed by atoms with E-state index in [0.717, 1.165) is 16.7 Å². The molecular formula is C16H19NO4. The van der Waals surface area contributed by atoms with Gasteiger partial charge in [0.05, 0.1) is 13.0 Å². The van der Waals surface area contributed by atoms with E-state index in [2.05, 4.69) is 5.32 Å². The van der Waals surface area contributed by atoms with Crippen LogP contribution < -0.4 is 5.32 Å². The normalized spacial score (nSPS) is 10.5. The third kappa shape index (κ3) is 4.63. The Labute approximate surface area is 123 Å². The van der Waals surface area contributed by atoms with Gasteiger partial charge in [-0.3, -0.25) is 9.59 Å². The van der Waals surface area contributed by atoms with Crippen molar-refractivity contribution in [3.63, 3.8) is 0 Å². The number of hydrogen-bond donors (Lipinski definition) is 1. The van der Waals surface area contributed by atoms with E-state index in [1.54, 1.807) is 6.92 Å². The highest BCUT2D eigenvalue weighted by atomic mass is 16.5. The predicted octanol–water partition coefficient (Wildman–Crippen LogP) is 2.43. The summed E-state index contributed by atoms with van der Waals surface area (Å²) in [5.41, 5.74) is 0.848. The first-order valence-electron chi connectivity index (χ1n) is 7.09. The second-order valence-corrected chi connectivity index (χ2v) is 4.66. The van der Waals surface area contributed by atoms with Crippen LogP contribution in [-0.2, 0) is 20.7 Å². The standard InChI is InChI=1S/C16H19NO4/c1-2-20-16(19)8-7-15(18)17-10-9-13-11-12-5-3-4-6-14(12)21-13/h3-6,11H,2,7-10H2,1H3,(H,17,18). The predicted molar refractivity (Wildman–Crippen MR) is 78.8 cm³/mol. The highest BCUT2D eigenvalue weighted by Gasteiger charge is 2.08. The molecule has 0 aliphatic heterocycles. The van der Waals surface area contributed by atoms with Crippen LogP contribution in [0.5, 0.6) is 0 Å². The van der Waals surface area contributed by atoms with Crippen molar-refractivity contribution < 1.29 is 18.7 Å². The molecule has 0 radical (unpaired) electrons. The van der Waals surface area contributed by atoms with Crippen LogP contribution in [0.15, 0.2) is 34.7 Å². The van der Waals surface area contributed by atoms with Gasteiger partial charge in [-0.15, -0.1) is 0 Å². The number of nitrogens with one attached hydrogen (secondary N) is 1. The molecule has 1 aromatic carbocycles. The Morgan fingerprint density at radius 2 is 2.05 bits per heavy atom. The van der Waals surface area contributed by atoms with Crippen LogP contribution in [0.25, 0.3) is 11.0 Å². The van der Waals surface area contributed by atoms with Crippen LogP contribution in [0.4, 0.5) is 0 Å². The van der Waals surface area contributed by atoms with Crippen molar-refractivity contribution in [2.45, 2.75) is 26.2 Å². The second kappa shape index (κ2) is 7.47. The molecule has 5 nitrogen and oxygen atoms in total. The summed E-state index contributed by atoms with van der Waals surface area (Å²) in [5.74, 6) is 0.339. The van der Waals surface area contributed by atoms with Crippen LogP contribution in [0, 0.1) is 0 Å². The minimum Gasteiger partial charge on any atom is -0.466 e. The zero-order chi connectivity index (χ0) is 15.1. The molecule has 0 bridgehead atoms. The van der Waals surface area contributed by atoms with Crippen molar-refractivity contribution in [2.24, 2.45) is 0 Å². The SMILES string of the molecule is CCOC(=O)CCC(=O)NCCc1cc2ccccc2o1. The van der Waals surface area contributed by atoms with Gasteiger partial charge >= 0.3 is 5.97 Å². The number of esters is 1. The van der Waals surface area contributed by atoms with Gasteiger partial charge in [0.25, 0.3) is 0 Å². The summed E-state index contributed by atoms with van der Waals surface area (Å²) in [6.07, 6.45) is 0.892. The summed E-state index contributed by atoms with van der Waals surface area (Å²) in [7, 11) is 0. The molecule has 0 aliphatic rings. The van der Waals surface area contributed by atoms with E-state index in [1.165, 1.54) is 0 Å². The van der Waals surface area contributed by atoms with E-state index in [1.807, 2.05) is 30.3 Å². The van der Waals surface area contributed by atoms with Crippen molar-refractivity contribution in [1.29, 1.82) is 0 Å². The lowest BCUT2D eigenvalue weighted by Crippen LogP contribution is -2.26. The first kappa shape index (κ1) is 15.1. The summed E-state index contributed by atoms with van der Waals surface area (Å²) < 4.78 is 10.4. The van der Waals surface area contributed by atoms with E-state index < -0.39 is 0 Å². The quantitative estimate of drug-likeness (QED) is 0.795. The maximum atomic E-state index is 11.6. The molecule has 0 fully saturated rings. The number of benzene rings is 1. The molecule has 0 spiro atoms. The lowest BCUT2D eigenvalue weighted by atomic mass is 10.2. The Bertz CT molecular complexity index is 585. The Hall–Kier alpha value is -2.30. The number of para-hydroxylation sites is 1. The van der Waals surface area contributed by atoms with E-state index in [0.29, 0.717) is 19.6 Å². The number of ether oxygens (including phenoxy) is 1. The summed E-state index contributed by atoms with van der Waals surface area (Å²) in [5, 5.41) is 3.82. The van der Waals surface area contributed by atoms with Gasteiger partial charge in [0.2, 0.25) is 5.91 Å². The molecule has 21 heavy (non-hydrogen) atoms. The second-order valence-electron chi connectivity index (χ2n) is 4.66. The number of amides is 1. The molecule has 1 N–H and O–H groups in total. The van der Waals surface area contributed by atoms with Gasteiger partial charge in [-0.1, -0.05) is 18.2 Å². The summed E-state index contributed by atoms with van der Waals surface area (Å²) >= 11 is 0. The Morgan fingerprint density at radius 3 is 2.81 bits per heavy atom. The molecule has 0 saturated carbocycles. The third-order valence-electron chi connectivity index (χ3n) is 3.03. The Kier molecular flexibility index (Phi) is 5.37. The van der Waals surface area contributed by atoms with Gasteiger partial charge in [-0.25, -0.2) is 0 Å². The molecule has 0 atom stereocenters. The van der Waals surface area contributed by atoms with Gasteiger partial charge in [0, 0.05) is 24.8 Å². The fourth-order valence-corrected chi connectivity index (χ4v) is 2.02. The van der Waals surface area contributed by atoms with Gasteiger partial charge in [-0.05, 0) is 19.1 Å².